The lowest BCUT2D eigenvalue weighted by atomic mass is 10.1. The van der Waals surface area contributed by atoms with Gasteiger partial charge in [-0.05, 0) is 0 Å². The summed E-state index contributed by atoms with van der Waals surface area (Å²) in [5.74, 6) is -4.46. The van der Waals surface area contributed by atoms with E-state index in [9.17, 15) is 18.0 Å². The molecule has 1 aliphatic heterocycles. The summed E-state index contributed by atoms with van der Waals surface area (Å²) in [4.78, 5) is 13.3. The van der Waals surface area contributed by atoms with Crippen molar-refractivity contribution in [3.05, 3.63) is 35.1 Å². The number of nitrogens with zero attached hydrogens (tertiary/aromatic N) is 1. The fourth-order valence-corrected chi connectivity index (χ4v) is 2.05. The van der Waals surface area contributed by atoms with Gasteiger partial charge in [-0.1, -0.05) is 12.2 Å². The van der Waals surface area contributed by atoms with Crippen molar-refractivity contribution in [2.45, 2.75) is 6.10 Å². The molecule has 2 N–H and O–H groups in total. The first kappa shape index (κ1) is 14.7. The van der Waals surface area contributed by atoms with Crippen LogP contribution in [0.4, 0.5) is 13.2 Å². The molecule has 0 aromatic heterocycles. The number of ether oxygens (including phenoxy) is 1. The van der Waals surface area contributed by atoms with Crippen molar-refractivity contribution < 1.29 is 22.7 Å². The number of morpholine rings is 1. The molecule has 1 heterocycles. The third kappa shape index (κ3) is 2.91. The Morgan fingerprint density at radius 2 is 1.95 bits per heavy atom. The minimum absolute atomic E-state index is 0.00439. The maximum atomic E-state index is 13.6. The molecule has 1 unspecified atom stereocenters. The van der Waals surface area contributed by atoms with E-state index in [0.29, 0.717) is 12.1 Å². The van der Waals surface area contributed by atoms with Crippen molar-refractivity contribution in [3.63, 3.8) is 0 Å². The number of carbonyl (C=O) groups is 1. The van der Waals surface area contributed by atoms with E-state index in [1.54, 1.807) is 0 Å². The van der Waals surface area contributed by atoms with Gasteiger partial charge < -0.3 is 15.4 Å². The van der Waals surface area contributed by atoms with Crippen molar-refractivity contribution in [3.8, 4) is 0 Å². The third-order valence-corrected chi connectivity index (χ3v) is 3.15. The number of carbonyl (C=O) groups excluding carboxylic acids is 1. The summed E-state index contributed by atoms with van der Waals surface area (Å²) in [6.07, 6.45) is -0.658. The van der Waals surface area contributed by atoms with Crippen LogP contribution in [0, 0.1) is 17.5 Å². The first-order valence-corrected chi connectivity index (χ1v) is 6.15. The number of hydrogen-bond donors (Lipinski definition) is 1. The Kier molecular flexibility index (Phi) is 4.24. The molecule has 2 rings (SSSR count). The summed E-state index contributed by atoms with van der Waals surface area (Å²) in [6, 6.07) is 0.920. The standard InChI is InChI=1S/C12H11F3N2O2S/c13-6-3-7(14)10(8(15)4-6)12(18)17-1-2-19-9(5-17)11(16)20/h3-4,9H,1-2,5H2,(H2,16,20). The summed E-state index contributed by atoms with van der Waals surface area (Å²) in [5, 5.41) is 0. The van der Waals surface area contributed by atoms with Gasteiger partial charge in [0.25, 0.3) is 5.91 Å². The lowest BCUT2D eigenvalue weighted by Gasteiger charge is -2.32. The van der Waals surface area contributed by atoms with Crippen LogP contribution in [-0.2, 0) is 4.74 Å². The summed E-state index contributed by atoms with van der Waals surface area (Å²) in [7, 11) is 0. The van der Waals surface area contributed by atoms with Gasteiger partial charge >= 0.3 is 0 Å². The minimum Gasteiger partial charge on any atom is -0.391 e. The molecule has 108 valence electrons. The van der Waals surface area contributed by atoms with Crippen LogP contribution in [0.15, 0.2) is 12.1 Å². The van der Waals surface area contributed by atoms with E-state index >= 15 is 0 Å². The average Bonchev–Trinajstić information content (AvgIpc) is 2.37. The summed E-state index contributed by atoms with van der Waals surface area (Å²) in [6.45, 7) is 0.302. The predicted molar refractivity (Wildman–Crippen MR) is 68.7 cm³/mol. The summed E-state index contributed by atoms with van der Waals surface area (Å²) < 4.78 is 45.2. The van der Waals surface area contributed by atoms with Gasteiger partial charge in [0.15, 0.2) is 0 Å². The molecule has 20 heavy (non-hydrogen) atoms. The van der Waals surface area contributed by atoms with E-state index in [-0.39, 0.29) is 24.7 Å². The Morgan fingerprint density at radius 3 is 2.50 bits per heavy atom. The van der Waals surface area contributed by atoms with E-state index in [1.807, 2.05) is 0 Å². The molecule has 1 aromatic rings. The second-order valence-electron chi connectivity index (χ2n) is 4.26. The second kappa shape index (κ2) is 5.76. The fourth-order valence-electron chi connectivity index (χ4n) is 1.91. The van der Waals surface area contributed by atoms with E-state index in [1.165, 1.54) is 4.90 Å². The number of hydrogen-bond acceptors (Lipinski definition) is 3. The zero-order chi connectivity index (χ0) is 14.9. The van der Waals surface area contributed by atoms with Crippen molar-refractivity contribution in [1.82, 2.24) is 4.90 Å². The van der Waals surface area contributed by atoms with E-state index in [4.69, 9.17) is 22.7 Å². The molecule has 1 aliphatic rings. The van der Waals surface area contributed by atoms with Crippen molar-refractivity contribution >= 4 is 23.1 Å². The van der Waals surface area contributed by atoms with Crippen LogP contribution >= 0.6 is 12.2 Å². The molecule has 0 aliphatic carbocycles. The van der Waals surface area contributed by atoms with Gasteiger partial charge in [0, 0.05) is 18.7 Å². The van der Waals surface area contributed by atoms with E-state index < -0.39 is 35.0 Å². The van der Waals surface area contributed by atoms with Crippen LogP contribution in [0.3, 0.4) is 0 Å². The third-order valence-electron chi connectivity index (χ3n) is 2.89. The van der Waals surface area contributed by atoms with Crippen molar-refractivity contribution in [1.29, 1.82) is 0 Å². The molecule has 0 spiro atoms. The highest BCUT2D eigenvalue weighted by Gasteiger charge is 2.30. The molecule has 1 amide bonds. The Labute approximate surface area is 118 Å². The number of amides is 1. The first-order chi connectivity index (χ1) is 9.40. The summed E-state index contributed by atoms with van der Waals surface area (Å²) in [5.41, 5.74) is 4.62. The molecule has 8 heteroatoms. The Bertz CT molecular complexity index is 545. The van der Waals surface area contributed by atoms with Crippen LogP contribution in [-0.4, -0.2) is 41.6 Å². The number of nitrogens with two attached hydrogens (primary N) is 1. The molecule has 1 aromatic carbocycles. The van der Waals surface area contributed by atoms with Crippen LogP contribution < -0.4 is 5.73 Å². The molecular formula is C12H11F3N2O2S. The number of benzene rings is 1. The topological polar surface area (TPSA) is 55.6 Å². The monoisotopic (exact) mass is 304 g/mol. The van der Waals surface area contributed by atoms with Gasteiger partial charge in [-0.2, -0.15) is 0 Å². The van der Waals surface area contributed by atoms with E-state index in [0.717, 1.165) is 0 Å². The lowest BCUT2D eigenvalue weighted by Crippen LogP contribution is -2.50. The zero-order valence-electron chi connectivity index (χ0n) is 10.2. The minimum atomic E-state index is -1.24. The number of thiocarbonyl (C=S) groups is 1. The Morgan fingerprint density at radius 1 is 1.35 bits per heavy atom. The number of rotatable bonds is 2. The highest BCUT2D eigenvalue weighted by atomic mass is 32.1. The van der Waals surface area contributed by atoms with E-state index in [2.05, 4.69) is 0 Å². The van der Waals surface area contributed by atoms with Gasteiger partial charge in [-0.3, -0.25) is 4.79 Å². The molecule has 0 radical (unpaired) electrons. The first-order valence-electron chi connectivity index (χ1n) is 5.75. The zero-order valence-corrected chi connectivity index (χ0v) is 11.1. The van der Waals surface area contributed by atoms with Crippen molar-refractivity contribution in [2.24, 2.45) is 5.73 Å². The van der Waals surface area contributed by atoms with Crippen molar-refractivity contribution in [2.75, 3.05) is 19.7 Å². The molecule has 0 saturated carbocycles. The highest BCUT2D eigenvalue weighted by Crippen LogP contribution is 2.18. The largest absolute Gasteiger partial charge is 0.391 e. The quantitative estimate of drug-likeness (QED) is 0.835. The lowest BCUT2D eigenvalue weighted by molar-refractivity contribution is 0.00831. The molecule has 4 nitrogen and oxygen atoms in total. The van der Waals surface area contributed by atoms with Crippen LogP contribution in [0.25, 0.3) is 0 Å². The molecule has 1 fully saturated rings. The highest BCUT2D eigenvalue weighted by molar-refractivity contribution is 7.80. The second-order valence-corrected chi connectivity index (χ2v) is 4.73. The summed E-state index contributed by atoms with van der Waals surface area (Å²) >= 11 is 4.76. The Balaban J connectivity index is 2.25. The fraction of sp³-hybridized carbons (Fsp3) is 0.333. The van der Waals surface area contributed by atoms with Gasteiger partial charge in [0.1, 0.15) is 34.1 Å². The maximum absolute atomic E-state index is 13.6. The van der Waals surface area contributed by atoms with Gasteiger partial charge in [-0.25, -0.2) is 13.2 Å². The normalized spacial score (nSPS) is 18.9. The smallest absolute Gasteiger partial charge is 0.260 e. The SMILES string of the molecule is NC(=S)C1CN(C(=O)c2c(F)cc(F)cc2F)CCO1. The average molecular weight is 304 g/mol. The predicted octanol–water partition coefficient (Wildman–Crippen LogP) is 1.23. The van der Waals surface area contributed by atoms with Crippen LogP contribution in [0.1, 0.15) is 10.4 Å². The molecule has 0 bridgehead atoms. The number of halogens is 3. The van der Waals surface area contributed by atoms with Gasteiger partial charge in [-0.15, -0.1) is 0 Å². The molecule has 1 saturated heterocycles. The van der Waals surface area contributed by atoms with Crippen LogP contribution in [0.2, 0.25) is 0 Å². The van der Waals surface area contributed by atoms with Crippen LogP contribution in [0.5, 0.6) is 0 Å². The maximum Gasteiger partial charge on any atom is 0.260 e. The Hall–Kier alpha value is -1.67. The molecule has 1 atom stereocenters. The van der Waals surface area contributed by atoms with Gasteiger partial charge in [0.2, 0.25) is 0 Å². The van der Waals surface area contributed by atoms with Gasteiger partial charge in [0.05, 0.1) is 13.2 Å². The molecular weight excluding hydrogens is 293 g/mol.